The molecule has 9 heteroatoms. The molecule has 0 N–H and O–H groups in total. The van der Waals surface area contributed by atoms with Gasteiger partial charge < -0.3 is 19.1 Å². The van der Waals surface area contributed by atoms with Crippen molar-refractivity contribution in [3.63, 3.8) is 0 Å². The molecule has 186 valence electrons. The third kappa shape index (κ3) is 5.74. The Kier molecular flexibility index (Phi) is 9.97. The summed E-state index contributed by atoms with van der Waals surface area (Å²) in [4.78, 5) is 22.7. The molecule has 0 unspecified atom stereocenters. The van der Waals surface area contributed by atoms with E-state index in [2.05, 4.69) is 44.7 Å². The summed E-state index contributed by atoms with van der Waals surface area (Å²) >= 11 is 1.55. The number of amides is 1. The van der Waals surface area contributed by atoms with Gasteiger partial charge in [-0.15, -0.1) is 12.4 Å². The Bertz CT molecular complexity index is 1110. The van der Waals surface area contributed by atoms with Gasteiger partial charge in [0.25, 0.3) is 5.91 Å². The summed E-state index contributed by atoms with van der Waals surface area (Å²) in [5.41, 5.74) is 3.69. The van der Waals surface area contributed by atoms with Crippen molar-refractivity contribution in [3.05, 3.63) is 41.0 Å². The van der Waals surface area contributed by atoms with Gasteiger partial charge in [-0.1, -0.05) is 31.3 Å². The van der Waals surface area contributed by atoms with Crippen LogP contribution in [0, 0.1) is 13.8 Å². The van der Waals surface area contributed by atoms with Crippen LogP contribution in [0.25, 0.3) is 10.2 Å². The molecule has 2 aromatic carbocycles. The van der Waals surface area contributed by atoms with E-state index >= 15 is 0 Å². The van der Waals surface area contributed by atoms with Crippen LogP contribution in [0.1, 0.15) is 35.3 Å². The number of thiazole rings is 1. The number of benzene rings is 2. The van der Waals surface area contributed by atoms with Crippen LogP contribution in [-0.4, -0.2) is 63.3 Å². The van der Waals surface area contributed by atoms with Crippen molar-refractivity contribution in [2.45, 2.75) is 27.7 Å². The molecule has 7 nitrogen and oxygen atoms in total. The van der Waals surface area contributed by atoms with Gasteiger partial charge in [0.2, 0.25) is 5.75 Å². The van der Waals surface area contributed by atoms with E-state index in [-0.39, 0.29) is 18.3 Å². The van der Waals surface area contributed by atoms with Crippen molar-refractivity contribution in [1.82, 2.24) is 9.88 Å². The second-order valence-electron chi connectivity index (χ2n) is 7.82. The Hall–Kier alpha value is -2.55. The molecule has 0 aliphatic rings. The number of aromatic nitrogens is 1. The number of anilines is 1. The Morgan fingerprint density at radius 2 is 1.56 bits per heavy atom. The normalized spacial score (nSPS) is 10.8. The third-order valence-corrected chi connectivity index (χ3v) is 6.96. The Morgan fingerprint density at radius 1 is 0.941 bits per heavy atom. The number of ether oxygens (including phenoxy) is 3. The third-order valence-electron chi connectivity index (χ3n) is 5.73. The Balaban J connectivity index is 0.00000408. The first-order chi connectivity index (χ1) is 15.9. The van der Waals surface area contributed by atoms with Crippen LogP contribution >= 0.6 is 23.7 Å². The highest BCUT2D eigenvalue weighted by Gasteiger charge is 2.25. The molecule has 3 aromatic rings. The molecule has 34 heavy (non-hydrogen) atoms. The number of rotatable bonds is 10. The fourth-order valence-corrected chi connectivity index (χ4v) is 4.95. The summed E-state index contributed by atoms with van der Waals surface area (Å²) in [6.45, 7) is 11.5. The van der Waals surface area contributed by atoms with E-state index in [1.54, 1.807) is 49.7 Å². The lowest BCUT2D eigenvalue weighted by Gasteiger charge is -2.25. The molecule has 0 saturated carbocycles. The quantitative estimate of drug-likeness (QED) is 0.368. The number of halogens is 1. The predicted octanol–water partition coefficient (Wildman–Crippen LogP) is 5.35. The highest BCUT2D eigenvalue weighted by Crippen LogP contribution is 2.39. The predicted molar refractivity (Wildman–Crippen MR) is 142 cm³/mol. The summed E-state index contributed by atoms with van der Waals surface area (Å²) < 4.78 is 17.5. The SMILES string of the molecule is CCN(CC)CCN(C(=O)c1cc(OC)c(OC)c(OC)c1)c1nc2cc(C)cc(C)c2s1.Cl. The minimum absolute atomic E-state index is 0. The number of aryl methyl sites for hydroxylation is 2. The number of carbonyl (C=O) groups excluding carboxylic acids is 1. The maximum atomic E-state index is 13.8. The smallest absolute Gasteiger partial charge is 0.260 e. The molecule has 0 aliphatic heterocycles. The average molecular weight is 508 g/mol. The number of likely N-dealkylation sites (N-methyl/N-ethyl adjacent to an activating group) is 1. The minimum atomic E-state index is -0.158. The lowest BCUT2D eigenvalue weighted by atomic mass is 10.1. The van der Waals surface area contributed by atoms with Gasteiger partial charge in [0.1, 0.15) is 0 Å². The van der Waals surface area contributed by atoms with Crippen molar-refractivity contribution >= 4 is 45.0 Å². The van der Waals surface area contributed by atoms with Gasteiger partial charge in [0, 0.05) is 18.7 Å². The number of nitrogens with zero attached hydrogens (tertiary/aromatic N) is 3. The highest BCUT2D eigenvalue weighted by atomic mass is 35.5. The van der Waals surface area contributed by atoms with Gasteiger partial charge in [0.15, 0.2) is 16.6 Å². The van der Waals surface area contributed by atoms with Crippen LogP contribution in [-0.2, 0) is 0 Å². The zero-order valence-electron chi connectivity index (χ0n) is 20.9. The van der Waals surface area contributed by atoms with E-state index in [1.165, 1.54) is 0 Å². The van der Waals surface area contributed by atoms with E-state index < -0.39 is 0 Å². The lowest BCUT2D eigenvalue weighted by Crippen LogP contribution is -2.38. The highest BCUT2D eigenvalue weighted by molar-refractivity contribution is 7.22. The Labute approximate surface area is 212 Å². The van der Waals surface area contributed by atoms with Crippen LogP contribution in [0.4, 0.5) is 5.13 Å². The van der Waals surface area contributed by atoms with Gasteiger partial charge in [0.05, 0.1) is 31.5 Å². The maximum Gasteiger partial charge on any atom is 0.260 e. The largest absolute Gasteiger partial charge is 0.493 e. The van der Waals surface area contributed by atoms with Crippen molar-refractivity contribution in [2.24, 2.45) is 0 Å². The zero-order chi connectivity index (χ0) is 24.1. The number of fused-ring (bicyclic) bond motifs is 1. The first-order valence-electron chi connectivity index (χ1n) is 11.1. The Morgan fingerprint density at radius 3 is 2.09 bits per heavy atom. The first kappa shape index (κ1) is 27.7. The fourth-order valence-electron chi connectivity index (χ4n) is 3.91. The van der Waals surface area contributed by atoms with Crippen LogP contribution in [0.15, 0.2) is 24.3 Å². The number of carbonyl (C=O) groups is 1. The maximum absolute atomic E-state index is 13.8. The second kappa shape index (κ2) is 12.2. The molecule has 0 saturated heterocycles. The van der Waals surface area contributed by atoms with Crippen LogP contribution in [0.5, 0.6) is 17.2 Å². The van der Waals surface area contributed by atoms with Gasteiger partial charge in [-0.05, 0) is 56.3 Å². The van der Waals surface area contributed by atoms with E-state index in [4.69, 9.17) is 19.2 Å². The molecule has 0 fully saturated rings. The molecule has 0 atom stereocenters. The van der Waals surface area contributed by atoms with E-state index in [9.17, 15) is 4.79 Å². The first-order valence-corrected chi connectivity index (χ1v) is 11.9. The number of hydrogen-bond acceptors (Lipinski definition) is 7. The lowest BCUT2D eigenvalue weighted by molar-refractivity contribution is 0.0983. The van der Waals surface area contributed by atoms with Gasteiger partial charge in [-0.2, -0.15) is 0 Å². The standard InChI is InChI=1S/C25H33N3O4S.ClH/c1-8-27(9-2)10-11-28(25-26-19-13-16(3)12-17(4)23(19)33-25)24(29)18-14-20(30-5)22(32-7)21(15-18)31-6;/h12-15H,8-11H2,1-7H3;1H. The molecule has 3 rings (SSSR count). The van der Waals surface area contributed by atoms with Crippen LogP contribution in [0.2, 0.25) is 0 Å². The average Bonchev–Trinajstić information content (AvgIpc) is 3.24. The summed E-state index contributed by atoms with van der Waals surface area (Å²) in [7, 11) is 4.63. The number of hydrogen-bond donors (Lipinski definition) is 0. The van der Waals surface area contributed by atoms with Crippen LogP contribution < -0.4 is 19.1 Å². The number of methoxy groups -OCH3 is 3. The topological polar surface area (TPSA) is 64.1 Å². The second-order valence-corrected chi connectivity index (χ2v) is 8.80. The summed E-state index contributed by atoms with van der Waals surface area (Å²) in [6, 6.07) is 7.59. The summed E-state index contributed by atoms with van der Waals surface area (Å²) in [5.74, 6) is 1.19. The van der Waals surface area contributed by atoms with Gasteiger partial charge in [-0.3, -0.25) is 9.69 Å². The van der Waals surface area contributed by atoms with E-state index in [0.717, 1.165) is 41.0 Å². The van der Waals surface area contributed by atoms with E-state index in [0.29, 0.717) is 34.5 Å². The van der Waals surface area contributed by atoms with E-state index in [1.807, 2.05) is 0 Å². The fraction of sp³-hybridized carbons (Fsp3) is 0.440. The van der Waals surface area contributed by atoms with Crippen molar-refractivity contribution in [2.75, 3.05) is 52.4 Å². The van der Waals surface area contributed by atoms with Crippen LogP contribution in [0.3, 0.4) is 0 Å². The molecule has 1 heterocycles. The minimum Gasteiger partial charge on any atom is -0.493 e. The summed E-state index contributed by atoms with van der Waals surface area (Å²) in [6.07, 6.45) is 0. The van der Waals surface area contributed by atoms with Crippen molar-refractivity contribution in [1.29, 1.82) is 0 Å². The molecule has 0 radical (unpaired) electrons. The zero-order valence-corrected chi connectivity index (χ0v) is 22.6. The van der Waals surface area contributed by atoms with Gasteiger partial charge >= 0.3 is 0 Å². The summed E-state index contributed by atoms with van der Waals surface area (Å²) in [5, 5.41) is 0.685. The monoisotopic (exact) mass is 507 g/mol. The van der Waals surface area contributed by atoms with Crippen molar-refractivity contribution < 1.29 is 19.0 Å². The molecule has 1 amide bonds. The van der Waals surface area contributed by atoms with Crippen molar-refractivity contribution in [3.8, 4) is 17.2 Å². The molecule has 1 aromatic heterocycles. The molecule has 0 bridgehead atoms. The molecular formula is C25H34ClN3O4S. The molecule has 0 aliphatic carbocycles. The molecular weight excluding hydrogens is 474 g/mol. The van der Waals surface area contributed by atoms with Gasteiger partial charge in [-0.25, -0.2) is 4.98 Å². The molecule has 0 spiro atoms.